The van der Waals surface area contributed by atoms with Crippen molar-refractivity contribution in [3.8, 4) is 0 Å². The van der Waals surface area contributed by atoms with Gasteiger partial charge in [-0.05, 0) is 15.9 Å². The molecule has 0 aliphatic rings. The van der Waals surface area contributed by atoms with E-state index in [0.29, 0.717) is 4.60 Å². The van der Waals surface area contributed by atoms with Crippen LogP contribution in [-0.4, -0.2) is 15.5 Å². The van der Waals surface area contributed by atoms with Crippen molar-refractivity contribution in [3.05, 3.63) is 16.6 Å². The summed E-state index contributed by atoms with van der Waals surface area (Å²) in [6, 6.07) is 0. The molecule has 11 heavy (non-hydrogen) atoms. The van der Waals surface area contributed by atoms with Crippen molar-refractivity contribution in [1.29, 1.82) is 0 Å². The first-order chi connectivity index (χ1) is 4.63. The largest absolute Gasteiger partial charge is 1.00 e. The molecule has 4 nitrogen and oxygen atoms in total. The van der Waals surface area contributed by atoms with Gasteiger partial charge >= 0.3 is 18.9 Å². The molecule has 1 aromatic rings. The minimum absolute atomic E-state index is 0. The minimum Gasteiger partial charge on any atom is -0.542 e. The van der Waals surface area contributed by atoms with Gasteiger partial charge in [0.25, 0.3) is 0 Å². The molecular weight excluding hydrogens is 207 g/mol. The van der Waals surface area contributed by atoms with Crippen molar-refractivity contribution in [3.63, 3.8) is 0 Å². The van der Waals surface area contributed by atoms with Gasteiger partial charge in [-0.25, -0.2) is 4.98 Å². The first kappa shape index (κ1) is 10.8. The molecule has 0 amide bonds. The summed E-state index contributed by atoms with van der Waals surface area (Å²) in [6.45, 7) is 0. The number of aromatic nitrogens is 2. The Morgan fingerprint density at radius 2 is 2.36 bits per heavy atom. The van der Waals surface area contributed by atoms with Crippen molar-refractivity contribution >= 4 is 21.9 Å². The standard InChI is InChI=1S/C5H5BrN2O2.Li/c1-8-3(6)2-7-4(8)5(9)10;/h2H,1H3,(H,9,10);/q;+1/p-1. The second-order valence-corrected chi connectivity index (χ2v) is 2.56. The maximum Gasteiger partial charge on any atom is 1.00 e. The van der Waals surface area contributed by atoms with Gasteiger partial charge in [-0.2, -0.15) is 0 Å². The summed E-state index contributed by atoms with van der Waals surface area (Å²) in [5.41, 5.74) is 0. The number of hydrogen-bond donors (Lipinski definition) is 0. The number of halogens is 1. The summed E-state index contributed by atoms with van der Waals surface area (Å²) >= 11 is 3.09. The molecule has 0 bridgehead atoms. The number of aromatic carboxylic acids is 1. The Hall–Kier alpha value is -0.243. The number of carbonyl (C=O) groups excluding carboxylic acids is 1. The van der Waals surface area contributed by atoms with Crippen molar-refractivity contribution in [2.75, 3.05) is 0 Å². The fourth-order valence-corrected chi connectivity index (χ4v) is 0.849. The maximum absolute atomic E-state index is 10.2. The molecule has 0 unspecified atom stereocenters. The molecule has 0 radical (unpaired) electrons. The molecule has 0 aromatic carbocycles. The van der Waals surface area contributed by atoms with E-state index in [1.165, 1.54) is 10.8 Å². The van der Waals surface area contributed by atoms with Crippen LogP contribution in [0.2, 0.25) is 0 Å². The molecular formula is C5H4BrLiN2O2. The zero-order chi connectivity index (χ0) is 7.72. The van der Waals surface area contributed by atoms with Crippen LogP contribution >= 0.6 is 15.9 Å². The zero-order valence-corrected chi connectivity index (χ0v) is 7.75. The Bertz CT molecular complexity index is 273. The summed E-state index contributed by atoms with van der Waals surface area (Å²) in [5, 5.41) is 10.2. The van der Waals surface area contributed by atoms with Crippen molar-refractivity contribution in [1.82, 2.24) is 9.55 Å². The van der Waals surface area contributed by atoms with Gasteiger partial charge < -0.3 is 14.5 Å². The molecule has 1 heterocycles. The minimum atomic E-state index is -1.27. The molecule has 1 rings (SSSR count). The van der Waals surface area contributed by atoms with Gasteiger partial charge in [0.05, 0.1) is 6.20 Å². The first-order valence-corrected chi connectivity index (χ1v) is 3.31. The number of carboxylic acid groups (broad SMARTS) is 1. The van der Waals surface area contributed by atoms with Crippen LogP contribution in [-0.2, 0) is 7.05 Å². The van der Waals surface area contributed by atoms with Crippen LogP contribution in [0.25, 0.3) is 0 Å². The fourth-order valence-electron chi connectivity index (χ4n) is 0.578. The number of hydrogen-bond acceptors (Lipinski definition) is 3. The molecule has 0 spiro atoms. The second-order valence-electron chi connectivity index (χ2n) is 1.75. The van der Waals surface area contributed by atoms with Gasteiger partial charge in [0, 0.05) is 7.05 Å². The van der Waals surface area contributed by atoms with E-state index in [2.05, 4.69) is 20.9 Å². The van der Waals surface area contributed by atoms with Gasteiger partial charge in [0.15, 0.2) is 5.82 Å². The van der Waals surface area contributed by atoms with E-state index in [1.54, 1.807) is 7.05 Å². The number of rotatable bonds is 1. The second kappa shape index (κ2) is 3.95. The van der Waals surface area contributed by atoms with Crippen LogP contribution in [0, 0.1) is 0 Å². The average Bonchev–Trinajstić information content (AvgIpc) is 2.14. The molecule has 0 aliphatic carbocycles. The van der Waals surface area contributed by atoms with Crippen LogP contribution in [0.3, 0.4) is 0 Å². The van der Waals surface area contributed by atoms with Crippen LogP contribution < -0.4 is 24.0 Å². The molecule has 6 heteroatoms. The molecule has 0 N–H and O–H groups in total. The van der Waals surface area contributed by atoms with E-state index in [4.69, 9.17) is 0 Å². The van der Waals surface area contributed by atoms with Crippen molar-refractivity contribution in [2.24, 2.45) is 7.05 Å². The number of imidazole rings is 1. The Kier molecular flexibility index (Phi) is 3.87. The van der Waals surface area contributed by atoms with Crippen LogP contribution in [0.5, 0.6) is 0 Å². The quantitative estimate of drug-likeness (QED) is 0.454. The van der Waals surface area contributed by atoms with Gasteiger partial charge in [-0.15, -0.1) is 0 Å². The Labute approximate surface area is 83.9 Å². The third kappa shape index (κ3) is 2.09. The smallest absolute Gasteiger partial charge is 0.542 e. The summed E-state index contributed by atoms with van der Waals surface area (Å²) < 4.78 is 2.00. The summed E-state index contributed by atoms with van der Waals surface area (Å²) in [7, 11) is 1.59. The molecule has 0 fully saturated rings. The van der Waals surface area contributed by atoms with Crippen molar-refractivity contribution < 1.29 is 28.8 Å². The van der Waals surface area contributed by atoms with E-state index in [9.17, 15) is 9.90 Å². The monoisotopic (exact) mass is 210 g/mol. The Morgan fingerprint density at radius 1 is 1.82 bits per heavy atom. The zero-order valence-electron chi connectivity index (χ0n) is 6.17. The number of carbonyl (C=O) groups is 1. The van der Waals surface area contributed by atoms with E-state index in [0.717, 1.165) is 0 Å². The van der Waals surface area contributed by atoms with Gasteiger partial charge in [-0.3, -0.25) is 0 Å². The summed E-state index contributed by atoms with van der Waals surface area (Å²) in [6.07, 6.45) is 1.41. The van der Waals surface area contributed by atoms with Crippen LogP contribution in [0.15, 0.2) is 10.8 Å². The summed E-state index contributed by atoms with van der Waals surface area (Å²) in [4.78, 5) is 13.8. The summed E-state index contributed by atoms with van der Waals surface area (Å²) in [5.74, 6) is -1.35. The number of nitrogens with zero attached hydrogens (tertiary/aromatic N) is 2. The molecule has 1 aromatic heterocycles. The molecule has 0 saturated carbocycles. The number of carboxylic acids is 1. The van der Waals surface area contributed by atoms with Crippen LogP contribution in [0.4, 0.5) is 0 Å². The van der Waals surface area contributed by atoms with Crippen LogP contribution in [0.1, 0.15) is 10.6 Å². The SMILES string of the molecule is Cn1c(Br)cnc1C(=O)[O-].[Li+]. The van der Waals surface area contributed by atoms with Gasteiger partial charge in [-0.1, -0.05) is 0 Å². The van der Waals surface area contributed by atoms with E-state index >= 15 is 0 Å². The predicted molar refractivity (Wildman–Crippen MR) is 35.2 cm³/mol. The van der Waals surface area contributed by atoms with Gasteiger partial charge in [0.1, 0.15) is 10.6 Å². The molecule has 0 aliphatic heterocycles. The molecule has 0 saturated heterocycles. The normalized spacial score (nSPS) is 8.91. The Balaban J connectivity index is 0.000001000. The van der Waals surface area contributed by atoms with E-state index in [1.807, 2.05) is 0 Å². The molecule has 0 atom stereocenters. The van der Waals surface area contributed by atoms with Crippen molar-refractivity contribution in [2.45, 2.75) is 0 Å². The van der Waals surface area contributed by atoms with Gasteiger partial charge in [0.2, 0.25) is 0 Å². The van der Waals surface area contributed by atoms with E-state index < -0.39 is 5.97 Å². The topological polar surface area (TPSA) is 58.0 Å². The first-order valence-electron chi connectivity index (χ1n) is 2.51. The van der Waals surface area contributed by atoms with E-state index in [-0.39, 0.29) is 24.7 Å². The maximum atomic E-state index is 10.2. The third-order valence-electron chi connectivity index (χ3n) is 1.11. The third-order valence-corrected chi connectivity index (χ3v) is 1.85. The Morgan fingerprint density at radius 3 is 2.55 bits per heavy atom. The fraction of sp³-hybridized carbons (Fsp3) is 0.200. The predicted octanol–water partition coefficient (Wildman–Crippen LogP) is -3.45. The average molecular weight is 211 g/mol. The molecule has 54 valence electrons.